The first-order valence-electron chi connectivity index (χ1n) is 7.75. The van der Waals surface area contributed by atoms with Gasteiger partial charge in [-0.2, -0.15) is 0 Å². The van der Waals surface area contributed by atoms with Crippen molar-refractivity contribution >= 4 is 11.0 Å². The summed E-state index contributed by atoms with van der Waals surface area (Å²) >= 11 is 0. The zero-order chi connectivity index (χ0) is 15.5. The second kappa shape index (κ2) is 6.71. The fourth-order valence-corrected chi connectivity index (χ4v) is 3.11. The van der Waals surface area contributed by atoms with Crippen molar-refractivity contribution in [2.75, 3.05) is 13.7 Å². The molecule has 0 spiro atoms. The number of methoxy groups -OCH3 is 1. The first-order chi connectivity index (χ1) is 10.7. The molecule has 0 amide bonds. The van der Waals surface area contributed by atoms with Crippen molar-refractivity contribution in [3.63, 3.8) is 0 Å². The first-order valence-corrected chi connectivity index (χ1v) is 7.75. The van der Waals surface area contributed by atoms with Crippen molar-refractivity contribution in [2.24, 2.45) is 0 Å². The van der Waals surface area contributed by atoms with Crippen LogP contribution in [-0.4, -0.2) is 29.2 Å². The second-order valence-electron chi connectivity index (χ2n) is 5.80. The van der Waals surface area contributed by atoms with Crippen molar-refractivity contribution in [1.82, 2.24) is 14.9 Å². The number of hydrogen-bond donors (Lipinski definition) is 1. The molecule has 0 radical (unpaired) electrons. The van der Waals surface area contributed by atoms with E-state index >= 15 is 0 Å². The number of halogens is 2. The Hall–Kier alpha value is -1.53. The van der Waals surface area contributed by atoms with E-state index in [-0.39, 0.29) is 0 Å². The Labute approximate surface area is 128 Å². The second-order valence-corrected chi connectivity index (χ2v) is 5.80. The van der Waals surface area contributed by atoms with Gasteiger partial charge in [0.2, 0.25) is 0 Å². The summed E-state index contributed by atoms with van der Waals surface area (Å²) in [5.74, 6) is -0.998. The first kappa shape index (κ1) is 15.4. The molecule has 1 atom stereocenters. The number of nitrogens with zero attached hydrogens (tertiary/aromatic N) is 2. The molecule has 1 unspecified atom stereocenters. The zero-order valence-corrected chi connectivity index (χ0v) is 12.7. The van der Waals surface area contributed by atoms with E-state index in [1.165, 1.54) is 18.9 Å². The van der Waals surface area contributed by atoms with E-state index in [0.29, 0.717) is 29.5 Å². The molecule has 3 rings (SSSR count). The molecule has 2 aromatic rings. The lowest BCUT2D eigenvalue weighted by Gasteiger charge is -2.24. The van der Waals surface area contributed by atoms with Gasteiger partial charge in [0.1, 0.15) is 12.4 Å². The van der Waals surface area contributed by atoms with Gasteiger partial charge in [-0.3, -0.25) is 0 Å². The van der Waals surface area contributed by atoms with Crippen molar-refractivity contribution in [2.45, 2.75) is 44.9 Å². The van der Waals surface area contributed by atoms with Gasteiger partial charge in [-0.05, 0) is 25.8 Å². The normalized spacial score (nSPS) is 19.0. The minimum Gasteiger partial charge on any atom is -0.377 e. The molecule has 0 aliphatic carbocycles. The lowest BCUT2D eigenvalue weighted by molar-refractivity contribution is 0.174. The minimum absolute atomic E-state index is 0.329. The van der Waals surface area contributed by atoms with Crippen LogP contribution in [0, 0.1) is 11.6 Å². The molecule has 1 saturated heterocycles. The number of benzene rings is 1. The van der Waals surface area contributed by atoms with E-state index in [9.17, 15) is 8.78 Å². The predicted octanol–water partition coefficient (Wildman–Crippen LogP) is 2.99. The topological polar surface area (TPSA) is 39.1 Å². The van der Waals surface area contributed by atoms with Gasteiger partial charge in [-0.1, -0.05) is 6.42 Å². The van der Waals surface area contributed by atoms with Crippen LogP contribution in [0.25, 0.3) is 11.0 Å². The van der Waals surface area contributed by atoms with E-state index in [2.05, 4.69) is 10.3 Å². The third kappa shape index (κ3) is 3.13. The maximum absolute atomic E-state index is 13.6. The molecule has 6 heteroatoms. The molecule has 1 aromatic heterocycles. The number of imidazole rings is 1. The highest BCUT2D eigenvalue weighted by Crippen LogP contribution is 2.22. The molecular formula is C16H21F2N3O. The zero-order valence-electron chi connectivity index (χ0n) is 12.7. The lowest BCUT2D eigenvalue weighted by Crippen LogP contribution is -2.34. The van der Waals surface area contributed by atoms with E-state index in [0.717, 1.165) is 32.0 Å². The van der Waals surface area contributed by atoms with Gasteiger partial charge in [0, 0.05) is 31.8 Å². The molecule has 1 aliphatic heterocycles. The van der Waals surface area contributed by atoms with Crippen LogP contribution in [0.5, 0.6) is 0 Å². The predicted molar refractivity (Wildman–Crippen MR) is 80.6 cm³/mol. The van der Waals surface area contributed by atoms with E-state index < -0.39 is 11.6 Å². The summed E-state index contributed by atoms with van der Waals surface area (Å²) in [6, 6.07) is 2.86. The number of nitrogens with one attached hydrogen (secondary N) is 1. The molecule has 2 heterocycles. The third-order valence-corrected chi connectivity index (χ3v) is 4.26. The largest absolute Gasteiger partial charge is 0.377 e. The van der Waals surface area contributed by atoms with Gasteiger partial charge in [0.25, 0.3) is 0 Å². The maximum atomic E-state index is 13.6. The Morgan fingerprint density at radius 2 is 2.14 bits per heavy atom. The van der Waals surface area contributed by atoms with Crippen molar-refractivity contribution in [3.8, 4) is 0 Å². The monoisotopic (exact) mass is 309 g/mol. The fraction of sp³-hybridized carbons (Fsp3) is 0.562. The summed E-state index contributed by atoms with van der Waals surface area (Å²) in [7, 11) is 1.59. The fourth-order valence-electron chi connectivity index (χ4n) is 3.11. The Morgan fingerprint density at radius 1 is 1.32 bits per heavy atom. The average molecular weight is 309 g/mol. The molecule has 1 aliphatic rings. The number of fused-ring (bicyclic) bond motifs is 1. The number of ether oxygens (including phenoxy) is 1. The van der Waals surface area contributed by atoms with Gasteiger partial charge in [-0.25, -0.2) is 13.8 Å². The average Bonchev–Trinajstić information content (AvgIpc) is 2.84. The summed E-state index contributed by atoms with van der Waals surface area (Å²) in [6.45, 7) is 2.11. The van der Waals surface area contributed by atoms with E-state index in [1.54, 1.807) is 7.11 Å². The van der Waals surface area contributed by atoms with E-state index in [4.69, 9.17) is 4.74 Å². The van der Waals surface area contributed by atoms with Crippen molar-refractivity contribution in [1.29, 1.82) is 0 Å². The molecular weight excluding hydrogens is 288 g/mol. The molecule has 1 aromatic carbocycles. The van der Waals surface area contributed by atoms with Crippen LogP contribution in [0.2, 0.25) is 0 Å². The quantitative estimate of drug-likeness (QED) is 0.923. The SMILES string of the molecule is COCc1nc2cc(F)c(F)cc2n1CCC1CCCCN1. The van der Waals surface area contributed by atoms with E-state index in [1.807, 2.05) is 4.57 Å². The van der Waals surface area contributed by atoms with Crippen LogP contribution in [-0.2, 0) is 17.9 Å². The number of hydrogen-bond acceptors (Lipinski definition) is 3. The van der Waals surface area contributed by atoms with Gasteiger partial charge in [0.15, 0.2) is 11.6 Å². The van der Waals surface area contributed by atoms with Crippen LogP contribution in [0.3, 0.4) is 0 Å². The molecule has 22 heavy (non-hydrogen) atoms. The summed E-state index contributed by atoms with van der Waals surface area (Å²) in [4.78, 5) is 4.38. The molecule has 0 saturated carbocycles. The summed E-state index contributed by atoms with van der Waals surface area (Å²) in [6.07, 6.45) is 4.58. The van der Waals surface area contributed by atoms with Crippen LogP contribution in [0.4, 0.5) is 8.78 Å². The Bertz CT molecular complexity index is 650. The van der Waals surface area contributed by atoms with Crippen LogP contribution in [0.15, 0.2) is 12.1 Å². The van der Waals surface area contributed by atoms with Gasteiger partial charge >= 0.3 is 0 Å². The molecule has 1 N–H and O–H groups in total. The smallest absolute Gasteiger partial charge is 0.161 e. The minimum atomic E-state index is -0.866. The molecule has 1 fully saturated rings. The Kier molecular flexibility index (Phi) is 4.69. The highest BCUT2D eigenvalue weighted by Gasteiger charge is 2.17. The number of rotatable bonds is 5. The molecule has 4 nitrogen and oxygen atoms in total. The summed E-state index contributed by atoms with van der Waals surface area (Å²) < 4.78 is 34.1. The lowest BCUT2D eigenvalue weighted by atomic mass is 10.0. The highest BCUT2D eigenvalue weighted by molar-refractivity contribution is 5.76. The Balaban J connectivity index is 1.87. The maximum Gasteiger partial charge on any atom is 0.161 e. The third-order valence-electron chi connectivity index (χ3n) is 4.26. The number of aromatic nitrogens is 2. The van der Waals surface area contributed by atoms with Crippen LogP contribution >= 0.6 is 0 Å². The van der Waals surface area contributed by atoms with Gasteiger partial charge < -0.3 is 14.6 Å². The van der Waals surface area contributed by atoms with Crippen LogP contribution in [0.1, 0.15) is 31.5 Å². The number of aryl methyl sites for hydroxylation is 1. The Morgan fingerprint density at radius 3 is 2.86 bits per heavy atom. The highest BCUT2D eigenvalue weighted by atomic mass is 19.2. The summed E-state index contributed by atoms with van der Waals surface area (Å²) in [5, 5.41) is 3.50. The number of piperidine rings is 1. The van der Waals surface area contributed by atoms with Crippen LogP contribution < -0.4 is 5.32 Å². The van der Waals surface area contributed by atoms with Crippen molar-refractivity contribution < 1.29 is 13.5 Å². The van der Waals surface area contributed by atoms with Gasteiger partial charge in [0.05, 0.1) is 11.0 Å². The molecule has 0 bridgehead atoms. The molecule has 120 valence electrons. The standard InChI is InChI=1S/C16H21F2N3O/c1-22-10-16-20-14-8-12(17)13(18)9-15(14)21(16)7-5-11-4-2-3-6-19-11/h8-9,11,19H,2-7,10H2,1H3. The summed E-state index contributed by atoms with van der Waals surface area (Å²) in [5.41, 5.74) is 1.10. The van der Waals surface area contributed by atoms with Gasteiger partial charge in [-0.15, -0.1) is 0 Å². The van der Waals surface area contributed by atoms with Crippen molar-refractivity contribution in [3.05, 3.63) is 29.6 Å².